The van der Waals surface area contributed by atoms with Crippen molar-refractivity contribution in [2.24, 2.45) is 0 Å². The fourth-order valence-corrected chi connectivity index (χ4v) is 12.1. The van der Waals surface area contributed by atoms with Crippen LogP contribution in [0.3, 0.4) is 0 Å². The number of carbonyl (C=O) groups excluding carboxylic acids is 4. The number of rotatable bonds is 15. The molecule has 3 aliphatic rings. The molecule has 0 aliphatic carbocycles. The first-order valence-electron chi connectivity index (χ1n) is 25.9. The van der Waals surface area contributed by atoms with Gasteiger partial charge in [0, 0.05) is 143 Å². The van der Waals surface area contributed by atoms with E-state index in [2.05, 4.69) is 60.6 Å². The fraction of sp³-hybridized carbons (Fsp3) is 0.254. The lowest BCUT2D eigenvalue weighted by Crippen LogP contribution is -2.48. The molecule has 1 fully saturated rings. The SMILES string of the molecule is CCN(CC)CCNC(=O)c1c(C)[nH]c(/C=C2\C(=O)Nc3ccc(-c4csc(-c5ccc(CN6CCN(C(=O)c7c(C)[nH]c(/C=C8\C(=O)Nc9ccc(-c%10csc(-c%11cccnc%11)n%10)cc98)c7C)CC6)nc5)n4)cc32)c1C. The summed E-state index contributed by atoms with van der Waals surface area (Å²) in [6.45, 7) is 18.2. The maximum Gasteiger partial charge on any atom is 0.256 e. The Hall–Kier alpha value is -8.16. The molecule has 18 heteroatoms. The number of anilines is 2. The quantitative estimate of drug-likeness (QED) is 0.0616. The van der Waals surface area contributed by atoms with E-state index in [1.807, 2.05) is 116 Å². The number of hydrogen-bond donors (Lipinski definition) is 5. The number of nitrogens with one attached hydrogen (secondary N) is 5. The molecule has 3 aliphatic heterocycles. The number of benzene rings is 2. The third kappa shape index (κ3) is 10.2. The predicted octanol–water partition coefficient (Wildman–Crippen LogP) is 9.96. The van der Waals surface area contributed by atoms with Gasteiger partial charge in [0.25, 0.3) is 23.6 Å². The zero-order valence-corrected chi connectivity index (χ0v) is 45.4. The van der Waals surface area contributed by atoms with Gasteiger partial charge in [-0.15, -0.1) is 22.7 Å². The highest BCUT2D eigenvalue weighted by Gasteiger charge is 2.30. The number of piperazine rings is 1. The van der Waals surface area contributed by atoms with Gasteiger partial charge in [0.15, 0.2) is 0 Å². The molecule has 9 heterocycles. The van der Waals surface area contributed by atoms with E-state index in [1.165, 1.54) is 11.3 Å². The monoisotopic (exact) mass is 1060 g/mol. The summed E-state index contributed by atoms with van der Waals surface area (Å²) in [5.41, 5.74) is 16.0. The summed E-state index contributed by atoms with van der Waals surface area (Å²) in [5, 5.41) is 14.8. The molecule has 16 nitrogen and oxygen atoms in total. The third-order valence-corrected chi connectivity index (χ3v) is 16.6. The van der Waals surface area contributed by atoms with Crippen molar-refractivity contribution in [3.05, 3.63) is 152 Å². The van der Waals surface area contributed by atoms with Crippen LogP contribution >= 0.6 is 22.7 Å². The molecule has 1 saturated heterocycles. The molecular formula is C59H58N12O4S2. The molecule has 77 heavy (non-hydrogen) atoms. The van der Waals surface area contributed by atoms with E-state index in [0.717, 1.165) is 125 Å². The van der Waals surface area contributed by atoms with Gasteiger partial charge in [-0.1, -0.05) is 26.0 Å². The van der Waals surface area contributed by atoms with Gasteiger partial charge in [-0.2, -0.15) is 0 Å². The van der Waals surface area contributed by atoms with Crippen LogP contribution in [0.2, 0.25) is 0 Å². The number of nitrogens with zero attached hydrogens (tertiary/aromatic N) is 7. The third-order valence-electron chi connectivity index (χ3n) is 14.8. The summed E-state index contributed by atoms with van der Waals surface area (Å²) >= 11 is 3.08. The van der Waals surface area contributed by atoms with Crippen molar-refractivity contribution in [1.29, 1.82) is 0 Å². The van der Waals surface area contributed by atoms with Crippen molar-refractivity contribution in [1.82, 2.24) is 49.9 Å². The van der Waals surface area contributed by atoms with Crippen LogP contribution in [0, 0.1) is 27.7 Å². The van der Waals surface area contributed by atoms with Crippen LogP contribution in [-0.4, -0.2) is 121 Å². The van der Waals surface area contributed by atoms with Crippen LogP contribution in [-0.2, 0) is 16.1 Å². The number of aromatic nitrogens is 6. The number of fused-ring (bicyclic) bond motifs is 2. The van der Waals surface area contributed by atoms with E-state index < -0.39 is 0 Å². The molecule has 0 atom stereocenters. The number of likely N-dealkylation sites (N-methyl/N-ethyl adjacent to an activating group) is 1. The van der Waals surface area contributed by atoms with E-state index in [0.29, 0.717) is 61.5 Å². The Bertz CT molecular complexity index is 3670. The second-order valence-corrected chi connectivity index (χ2v) is 21.3. The maximum absolute atomic E-state index is 14.2. The minimum atomic E-state index is -0.205. The minimum Gasteiger partial charge on any atom is -0.358 e. The van der Waals surface area contributed by atoms with Gasteiger partial charge in [-0.3, -0.25) is 34.0 Å². The Kier molecular flexibility index (Phi) is 14.2. The lowest BCUT2D eigenvalue weighted by Gasteiger charge is -2.34. The van der Waals surface area contributed by atoms with E-state index in [1.54, 1.807) is 23.7 Å². The number of amides is 4. The highest BCUT2D eigenvalue weighted by atomic mass is 32.1. The Labute approximate surface area is 454 Å². The van der Waals surface area contributed by atoms with Crippen molar-refractivity contribution in [2.45, 2.75) is 48.1 Å². The molecule has 4 amide bonds. The normalized spacial score (nSPS) is 15.4. The maximum atomic E-state index is 14.2. The Morgan fingerprint density at radius 1 is 0.701 bits per heavy atom. The number of aryl methyl sites for hydroxylation is 2. The van der Waals surface area contributed by atoms with Gasteiger partial charge in [-0.25, -0.2) is 9.97 Å². The van der Waals surface area contributed by atoms with Gasteiger partial charge in [0.2, 0.25) is 0 Å². The standard InChI is InChI=1S/C59H58N12O4S2/c1-7-69(8-2)19-18-61-56(74)52-33(3)48(63-35(52)5)26-44-42-25-38(13-16-46(42)65-54(44)72)51-32-77-58(68-51)40-11-14-41(62-29-40)30-70-20-22-71(23-21-70)59(75)53-34(4)49(64-36(53)6)27-45-43-24-37(12-15-47(43)66-55(45)73)50-31-76-57(67-50)39-10-9-17-60-28-39/h9-17,24-29,31-32,63-64H,7-8,18-23,30H2,1-6H3,(H,61,74)(H,65,72)(H,66,73)/b44-26-,45-27-. The highest BCUT2D eigenvalue weighted by molar-refractivity contribution is 7.13. The minimum absolute atomic E-state index is 0.0288. The number of H-pyrrole nitrogens is 2. The zero-order chi connectivity index (χ0) is 53.5. The summed E-state index contributed by atoms with van der Waals surface area (Å²) in [4.78, 5) is 86.3. The van der Waals surface area contributed by atoms with Crippen LogP contribution in [0.5, 0.6) is 0 Å². The number of hydrogen-bond acceptors (Lipinski definition) is 12. The molecule has 0 saturated carbocycles. The van der Waals surface area contributed by atoms with E-state index in [4.69, 9.17) is 15.0 Å². The van der Waals surface area contributed by atoms with Crippen LogP contribution in [0.25, 0.3) is 67.0 Å². The summed E-state index contributed by atoms with van der Waals surface area (Å²) in [5.74, 6) is -0.562. The molecule has 5 N–H and O–H groups in total. The van der Waals surface area contributed by atoms with E-state index in [9.17, 15) is 19.2 Å². The van der Waals surface area contributed by atoms with Crippen LogP contribution in [0.15, 0.2) is 90.0 Å². The molecule has 2 aromatic carbocycles. The highest BCUT2D eigenvalue weighted by Crippen LogP contribution is 2.40. The van der Waals surface area contributed by atoms with E-state index >= 15 is 0 Å². The number of carbonyl (C=O) groups is 4. The van der Waals surface area contributed by atoms with Gasteiger partial charge in [0.1, 0.15) is 10.0 Å². The molecule has 8 aromatic rings. The van der Waals surface area contributed by atoms with Gasteiger partial charge in [-0.05, 0) is 113 Å². The lowest BCUT2D eigenvalue weighted by atomic mass is 10.0. The molecule has 390 valence electrons. The Morgan fingerprint density at radius 2 is 1.26 bits per heavy atom. The number of thiazole rings is 2. The average molecular weight is 1060 g/mol. The molecular weight excluding hydrogens is 1000 g/mol. The molecule has 0 spiro atoms. The first kappa shape index (κ1) is 51.0. The van der Waals surface area contributed by atoms with Crippen molar-refractivity contribution in [3.8, 4) is 43.7 Å². The zero-order valence-electron chi connectivity index (χ0n) is 43.8. The molecule has 11 rings (SSSR count). The van der Waals surface area contributed by atoms with Gasteiger partial charge in [0.05, 0.1) is 39.4 Å². The number of pyridine rings is 2. The van der Waals surface area contributed by atoms with Gasteiger partial charge < -0.3 is 35.7 Å². The van der Waals surface area contributed by atoms with Crippen molar-refractivity contribution in [2.75, 3.05) is 63.0 Å². The smallest absolute Gasteiger partial charge is 0.256 e. The summed E-state index contributed by atoms with van der Waals surface area (Å²) in [6, 6.07) is 19.7. The van der Waals surface area contributed by atoms with E-state index in [-0.39, 0.29) is 23.6 Å². The van der Waals surface area contributed by atoms with Crippen LogP contribution < -0.4 is 16.0 Å². The second kappa shape index (κ2) is 21.5. The fourth-order valence-electron chi connectivity index (χ4n) is 10.4. The first-order chi connectivity index (χ1) is 37.3. The molecule has 0 bridgehead atoms. The van der Waals surface area contributed by atoms with Crippen molar-refractivity contribution < 1.29 is 19.2 Å². The molecule has 0 radical (unpaired) electrons. The number of aromatic amines is 2. The molecule has 6 aromatic heterocycles. The van der Waals surface area contributed by atoms with Crippen LogP contribution in [0.1, 0.15) is 85.3 Å². The molecule has 0 unspecified atom stereocenters. The predicted molar refractivity (Wildman–Crippen MR) is 306 cm³/mol. The lowest BCUT2D eigenvalue weighted by molar-refractivity contribution is -0.111. The second-order valence-electron chi connectivity index (χ2n) is 19.6. The van der Waals surface area contributed by atoms with Crippen molar-refractivity contribution >= 4 is 81.0 Å². The summed E-state index contributed by atoms with van der Waals surface area (Å²) < 4.78 is 0. The van der Waals surface area contributed by atoms with Crippen molar-refractivity contribution in [3.63, 3.8) is 0 Å². The van der Waals surface area contributed by atoms with Gasteiger partial charge >= 0.3 is 0 Å². The summed E-state index contributed by atoms with van der Waals surface area (Å²) in [6.07, 6.45) is 9.08. The van der Waals surface area contributed by atoms with Crippen LogP contribution in [0.4, 0.5) is 11.4 Å². The largest absolute Gasteiger partial charge is 0.358 e. The Balaban J connectivity index is 0.710. The first-order valence-corrected chi connectivity index (χ1v) is 27.6. The topological polar surface area (TPSA) is 197 Å². The Morgan fingerprint density at radius 3 is 1.81 bits per heavy atom. The average Bonchev–Trinajstić information content (AvgIpc) is 4.33. The summed E-state index contributed by atoms with van der Waals surface area (Å²) in [7, 11) is 0.